The van der Waals surface area contributed by atoms with Crippen LogP contribution in [0, 0.1) is 0 Å². The second-order valence-corrected chi connectivity index (χ2v) is 10.9. The molecule has 0 saturated carbocycles. The van der Waals surface area contributed by atoms with Gasteiger partial charge < -0.3 is 25.3 Å². The summed E-state index contributed by atoms with van der Waals surface area (Å²) in [6.07, 6.45) is 2.90. The number of rotatable bonds is 8. The van der Waals surface area contributed by atoms with Crippen LogP contribution in [-0.2, 0) is 29.7 Å². The molecule has 2 aromatic carbocycles. The molecule has 0 bridgehead atoms. The van der Waals surface area contributed by atoms with E-state index in [1.54, 1.807) is 22.9 Å². The molecule has 1 fully saturated rings. The molecule has 1 aliphatic heterocycles. The number of hydroxylamine groups is 1. The fourth-order valence-corrected chi connectivity index (χ4v) is 5.92. The number of nitrogens with one attached hydrogen (secondary N) is 2. The Morgan fingerprint density at radius 1 is 1.07 bits per heavy atom. The summed E-state index contributed by atoms with van der Waals surface area (Å²) in [5.74, 6) is 1.94. The quantitative estimate of drug-likeness (QED) is 0.0954. The number of anilines is 2. The summed E-state index contributed by atoms with van der Waals surface area (Å²) in [7, 11) is 1.99. The Morgan fingerprint density at radius 2 is 1.88 bits per heavy atom. The van der Waals surface area contributed by atoms with Gasteiger partial charge in [0, 0.05) is 48.9 Å². The van der Waals surface area contributed by atoms with Crippen molar-refractivity contribution in [1.29, 1.82) is 0 Å². The summed E-state index contributed by atoms with van der Waals surface area (Å²) in [4.78, 5) is 29.4. The summed E-state index contributed by atoms with van der Waals surface area (Å²) in [5, 5.41) is 12.2. The lowest BCUT2D eigenvalue weighted by molar-refractivity contribution is -0.124. The topological polar surface area (TPSA) is 143 Å². The van der Waals surface area contributed by atoms with Gasteiger partial charge in [-0.25, -0.2) is 20.4 Å². The predicted molar refractivity (Wildman–Crippen MR) is 161 cm³/mol. The zero-order chi connectivity index (χ0) is 28.3. The van der Waals surface area contributed by atoms with Crippen molar-refractivity contribution >= 4 is 56.1 Å². The van der Waals surface area contributed by atoms with Gasteiger partial charge in [0.05, 0.1) is 41.0 Å². The van der Waals surface area contributed by atoms with Crippen LogP contribution in [0.2, 0.25) is 0 Å². The van der Waals surface area contributed by atoms with Crippen LogP contribution < -0.4 is 21.4 Å². The maximum Gasteiger partial charge on any atom is 0.267 e. The minimum atomic E-state index is -0.582. The third-order valence-electron chi connectivity index (χ3n) is 7.00. The summed E-state index contributed by atoms with van der Waals surface area (Å²) in [5.41, 5.74) is 12.7. The zero-order valence-corrected chi connectivity index (χ0v) is 23.3. The van der Waals surface area contributed by atoms with E-state index in [4.69, 9.17) is 30.6 Å². The summed E-state index contributed by atoms with van der Waals surface area (Å²) >= 11 is 1.70. The lowest BCUT2D eigenvalue weighted by Crippen LogP contribution is -2.36. The monoisotopic (exact) mass is 570 g/mol. The maximum absolute atomic E-state index is 11.3. The van der Waals surface area contributed by atoms with Gasteiger partial charge in [0.25, 0.3) is 5.91 Å². The molecule has 0 atom stereocenters. The second-order valence-electron chi connectivity index (χ2n) is 9.77. The van der Waals surface area contributed by atoms with E-state index in [0.29, 0.717) is 37.8 Å². The van der Waals surface area contributed by atoms with Gasteiger partial charge in [-0.2, -0.15) is 0 Å². The fraction of sp³-hybridized carbons (Fsp3) is 0.241. The Kier molecular flexibility index (Phi) is 7.61. The molecule has 5 N–H and O–H groups in total. The van der Waals surface area contributed by atoms with Crippen molar-refractivity contribution < 1.29 is 14.7 Å². The first kappa shape index (κ1) is 26.8. The van der Waals surface area contributed by atoms with Crippen molar-refractivity contribution in [2.75, 3.05) is 36.9 Å². The number of thiophene rings is 1. The Hall–Kier alpha value is -4.36. The van der Waals surface area contributed by atoms with E-state index in [-0.39, 0.29) is 0 Å². The highest BCUT2D eigenvalue weighted by atomic mass is 32.1. The molecule has 5 aromatic rings. The molecule has 12 heteroatoms. The Balaban J connectivity index is 1.22. The minimum absolute atomic E-state index is 0.580. The van der Waals surface area contributed by atoms with Gasteiger partial charge >= 0.3 is 0 Å². The van der Waals surface area contributed by atoms with Crippen molar-refractivity contribution in [2.24, 2.45) is 7.05 Å². The van der Waals surface area contributed by atoms with Crippen LogP contribution >= 0.6 is 11.3 Å². The van der Waals surface area contributed by atoms with Gasteiger partial charge in [0.15, 0.2) is 11.6 Å². The lowest BCUT2D eigenvalue weighted by Gasteiger charge is -2.28. The summed E-state index contributed by atoms with van der Waals surface area (Å²) < 4.78 is 8.71. The van der Waals surface area contributed by atoms with Crippen molar-refractivity contribution in [2.45, 2.75) is 13.1 Å². The average Bonchev–Trinajstić information content (AvgIpc) is 3.56. The number of amides is 1. The van der Waals surface area contributed by atoms with Crippen molar-refractivity contribution in [1.82, 2.24) is 30.3 Å². The number of nitrogens with zero attached hydrogens (tertiary/aromatic N) is 5. The SMILES string of the molecule is Cn1c(CNCc2cc3nc(-c4ccc(N)cc4)nc(N4CCOCC4)c3s2)nc2cc(C=CC(=O)NO)ccc21. The number of nitrogens with two attached hydrogens (primary N) is 1. The molecular weight excluding hydrogens is 540 g/mol. The molecule has 4 heterocycles. The van der Waals surface area contributed by atoms with Crippen LogP contribution in [0.4, 0.5) is 11.5 Å². The number of morpholine rings is 1. The summed E-state index contributed by atoms with van der Waals surface area (Å²) in [6.45, 7) is 4.17. The Morgan fingerprint density at radius 3 is 2.66 bits per heavy atom. The summed E-state index contributed by atoms with van der Waals surface area (Å²) in [6, 6.07) is 15.6. The number of carbonyl (C=O) groups is 1. The first-order chi connectivity index (χ1) is 20.0. The van der Waals surface area contributed by atoms with Gasteiger partial charge in [-0.3, -0.25) is 10.0 Å². The number of fused-ring (bicyclic) bond motifs is 2. The Bertz CT molecular complexity index is 1740. The number of aryl methyl sites for hydroxylation is 1. The molecule has 0 aliphatic carbocycles. The molecule has 11 nitrogen and oxygen atoms in total. The van der Waals surface area contributed by atoms with Crippen LogP contribution in [0.5, 0.6) is 0 Å². The standard InChI is InChI=1S/C29H30N8O3S/c1-36-24-8-2-18(3-9-26(38)35-39)14-22(24)32-25(36)17-31-16-21-15-23-27(41-21)29(37-10-12-40-13-11-37)34-28(33-23)19-4-6-20(30)7-5-19/h2-9,14-15,31,39H,10-13,16-17,30H2,1H3,(H,35,38). The van der Waals surface area contributed by atoms with Crippen LogP contribution in [0.1, 0.15) is 16.3 Å². The molecule has 1 saturated heterocycles. The van der Waals surface area contributed by atoms with E-state index in [1.165, 1.54) is 6.08 Å². The highest BCUT2D eigenvalue weighted by molar-refractivity contribution is 7.19. The van der Waals surface area contributed by atoms with Crippen LogP contribution in [-0.4, -0.2) is 56.9 Å². The van der Waals surface area contributed by atoms with Crippen molar-refractivity contribution in [3.05, 3.63) is 70.9 Å². The van der Waals surface area contributed by atoms with E-state index in [0.717, 1.165) is 62.0 Å². The third kappa shape index (κ3) is 5.77. The van der Waals surface area contributed by atoms with Gasteiger partial charge in [-0.1, -0.05) is 6.07 Å². The molecule has 41 heavy (non-hydrogen) atoms. The highest BCUT2D eigenvalue weighted by Crippen LogP contribution is 2.34. The molecular formula is C29H30N8O3S. The molecule has 1 amide bonds. The number of hydrogen-bond donors (Lipinski definition) is 4. The van der Waals surface area contributed by atoms with Crippen LogP contribution in [0.15, 0.2) is 54.6 Å². The van der Waals surface area contributed by atoms with Crippen molar-refractivity contribution in [3.63, 3.8) is 0 Å². The number of nitrogen functional groups attached to an aromatic ring is 1. The number of aromatic nitrogens is 4. The number of hydrogen-bond acceptors (Lipinski definition) is 10. The van der Waals surface area contributed by atoms with Gasteiger partial charge in [0.2, 0.25) is 0 Å². The first-order valence-corrected chi connectivity index (χ1v) is 14.1. The molecule has 210 valence electrons. The molecule has 0 spiro atoms. The molecule has 0 unspecified atom stereocenters. The van der Waals surface area contributed by atoms with Gasteiger partial charge in [-0.05, 0) is 54.1 Å². The van der Waals surface area contributed by atoms with E-state index < -0.39 is 5.91 Å². The van der Waals surface area contributed by atoms with E-state index in [1.807, 2.05) is 49.5 Å². The number of benzene rings is 2. The van der Waals surface area contributed by atoms with Gasteiger partial charge in [-0.15, -0.1) is 11.3 Å². The fourth-order valence-electron chi connectivity index (χ4n) is 4.84. The first-order valence-electron chi connectivity index (χ1n) is 13.3. The molecule has 0 radical (unpaired) electrons. The lowest BCUT2D eigenvalue weighted by atomic mass is 10.2. The number of ether oxygens (including phenoxy) is 1. The number of imidazole rings is 1. The van der Waals surface area contributed by atoms with E-state index in [2.05, 4.69) is 20.9 Å². The van der Waals surface area contributed by atoms with Crippen LogP contribution in [0.25, 0.3) is 38.7 Å². The largest absolute Gasteiger partial charge is 0.399 e. The van der Waals surface area contributed by atoms with Crippen molar-refractivity contribution in [3.8, 4) is 11.4 Å². The average molecular weight is 571 g/mol. The molecule has 1 aliphatic rings. The maximum atomic E-state index is 11.3. The second kappa shape index (κ2) is 11.6. The molecule has 3 aromatic heterocycles. The third-order valence-corrected chi connectivity index (χ3v) is 8.12. The van der Waals surface area contributed by atoms with Crippen LogP contribution in [0.3, 0.4) is 0 Å². The smallest absolute Gasteiger partial charge is 0.267 e. The predicted octanol–water partition coefficient (Wildman–Crippen LogP) is 3.47. The van der Waals surface area contributed by atoms with E-state index in [9.17, 15) is 4.79 Å². The van der Waals surface area contributed by atoms with E-state index >= 15 is 0 Å². The number of carbonyl (C=O) groups excluding carboxylic acids is 1. The van der Waals surface area contributed by atoms with Gasteiger partial charge in [0.1, 0.15) is 5.82 Å². The Labute approximate surface area is 240 Å². The normalized spacial score (nSPS) is 14.0. The molecule has 6 rings (SSSR count). The zero-order valence-electron chi connectivity index (χ0n) is 22.5. The minimum Gasteiger partial charge on any atom is -0.399 e. The highest BCUT2D eigenvalue weighted by Gasteiger charge is 2.20.